The minimum atomic E-state index is -0.0432. The number of aryl methyl sites for hydroxylation is 1. The highest BCUT2D eigenvalue weighted by atomic mass is 35.5. The Kier molecular flexibility index (Phi) is 5.23. The smallest absolute Gasteiger partial charge is 0.223 e. The summed E-state index contributed by atoms with van der Waals surface area (Å²) >= 11 is 5.94. The van der Waals surface area contributed by atoms with Crippen molar-refractivity contribution < 1.29 is 9.59 Å². The summed E-state index contributed by atoms with van der Waals surface area (Å²) in [4.78, 5) is 25.3. The minimum absolute atomic E-state index is 0.0432. The number of carbonyl (C=O) groups excluding carboxylic acids is 2. The molecule has 2 rings (SSSR count). The molecule has 0 unspecified atom stereocenters. The van der Waals surface area contributed by atoms with Crippen molar-refractivity contribution in [2.45, 2.75) is 33.1 Å². The van der Waals surface area contributed by atoms with Crippen LogP contribution in [-0.2, 0) is 9.59 Å². The molecule has 0 aliphatic heterocycles. The Balaban J connectivity index is 1.95. The van der Waals surface area contributed by atoms with E-state index in [2.05, 4.69) is 5.32 Å². The molecule has 1 N–H and O–H groups in total. The molecule has 0 atom stereocenters. The summed E-state index contributed by atoms with van der Waals surface area (Å²) in [5.41, 5.74) is 1.79. The van der Waals surface area contributed by atoms with Gasteiger partial charge in [-0.1, -0.05) is 18.0 Å². The van der Waals surface area contributed by atoms with Gasteiger partial charge in [-0.2, -0.15) is 0 Å². The average molecular weight is 309 g/mol. The number of carbonyl (C=O) groups is 2. The number of anilines is 1. The molecule has 0 bridgehead atoms. The van der Waals surface area contributed by atoms with E-state index in [9.17, 15) is 9.59 Å². The van der Waals surface area contributed by atoms with Crippen LogP contribution in [0.3, 0.4) is 0 Å². The molecule has 1 aromatic carbocycles. The molecule has 0 spiro atoms. The van der Waals surface area contributed by atoms with Crippen molar-refractivity contribution >= 4 is 29.1 Å². The van der Waals surface area contributed by atoms with Crippen LogP contribution < -0.4 is 10.2 Å². The lowest BCUT2D eigenvalue weighted by Crippen LogP contribution is -2.41. The molecule has 4 nitrogen and oxygen atoms in total. The van der Waals surface area contributed by atoms with Gasteiger partial charge in [-0.15, -0.1) is 0 Å². The third-order valence-electron chi connectivity index (χ3n) is 3.94. The van der Waals surface area contributed by atoms with Gasteiger partial charge in [-0.25, -0.2) is 0 Å². The van der Waals surface area contributed by atoms with E-state index < -0.39 is 0 Å². The van der Waals surface area contributed by atoms with Crippen LogP contribution in [0.25, 0.3) is 0 Å². The van der Waals surface area contributed by atoms with Gasteiger partial charge in [0.05, 0.1) is 0 Å². The third kappa shape index (κ3) is 3.97. The lowest BCUT2D eigenvalue weighted by Gasteiger charge is -2.26. The molecule has 1 aliphatic carbocycles. The van der Waals surface area contributed by atoms with Crippen LogP contribution in [0.2, 0.25) is 5.02 Å². The fraction of sp³-hybridized carbons (Fsp3) is 0.500. The second-order valence-corrected chi connectivity index (χ2v) is 5.96. The van der Waals surface area contributed by atoms with Gasteiger partial charge >= 0.3 is 0 Å². The van der Waals surface area contributed by atoms with Crippen molar-refractivity contribution in [3.05, 3.63) is 28.8 Å². The van der Waals surface area contributed by atoms with Crippen LogP contribution in [0, 0.1) is 12.8 Å². The number of halogens is 1. The van der Waals surface area contributed by atoms with E-state index in [1.54, 1.807) is 11.0 Å². The van der Waals surface area contributed by atoms with Crippen molar-refractivity contribution in [1.82, 2.24) is 5.32 Å². The van der Waals surface area contributed by atoms with Gasteiger partial charge in [-0.3, -0.25) is 9.59 Å². The molecule has 1 aliphatic rings. The highest BCUT2D eigenvalue weighted by molar-refractivity contribution is 6.30. The van der Waals surface area contributed by atoms with Crippen LogP contribution in [0.5, 0.6) is 0 Å². The normalized spacial score (nSPS) is 14.4. The summed E-state index contributed by atoms with van der Waals surface area (Å²) in [6, 6.07) is 5.44. The van der Waals surface area contributed by atoms with E-state index >= 15 is 0 Å². The summed E-state index contributed by atoms with van der Waals surface area (Å²) in [5.74, 6) is 0.240. The first-order chi connectivity index (χ1) is 9.99. The molecule has 1 fully saturated rings. The number of nitrogens with zero attached hydrogens (tertiary/aromatic N) is 1. The number of hydrogen-bond acceptors (Lipinski definition) is 2. The van der Waals surface area contributed by atoms with Gasteiger partial charge in [0.15, 0.2) is 0 Å². The fourth-order valence-corrected chi connectivity index (χ4v) is 2.70. The third-order valence-corrected chi connectivity index (χ3v) is 4.18. The molecule has 0 heterocycles. The SMILES string of the molecule is CC(=O)N(CCNC(=O)C1CCC1)c1ccc(Cl)cc1C. The van der Waals surface area contributed by atoms with Crippen LogP contribution in [0.4, 0.5) is 5.69 Å². The molecular formula is C16H21ClN2O2. The predicted octanol–water partition coefficient (Wildman–Crippen LogP) is 2.92. The van der Waals surface area contributed by atoms with Crippen LogP contribution in [0.15, 0.2) is 18.2 Å². The average Bonchev–Trinajstić information content (AvgIpc) is 2.33. The van der Waals surface area contributed by atoms with Gasteiger partial charge < -0.3 is 10.2 Å². The molecule has 0 radical (unpaired) electrons. The number of rotatable bonds is 5. The lowest BCUT2D eigenvalue weighted by molar-refractivity contribution is -0.127. The molecule has 114 valence electrons. The molecule has 5 heteroatoms. The molecular weight excluding hydrogens is 288 g/mol. The first-order valence-corrected chi connectivity index (χ1v) is 7.69. The molecule has 1 saturated carbocycles. The van der Waals surface area contributed by atoms with E-state index in [4.69, 9.17) is 11.6 Å². The van der Waals surface area contributed by atoms with Crippen LogP contribution >= 0.6 is 11.6 Å². The standard InChI is InChI=1S/C16H21ClN2O2/c1-11-10-14(17)6-7-15(11)19(12(2)20)9-8-18-16(21)13-4-3-5-13/h6-7,10,13H,3-5,8-9H2,1-2H3,(H,18,21). The minimum Gasteiger partial charge on any atom is -0.354 e. The number of nitrogens with one attached hydrogen (secondary N) is 1. The number of amides is 2. The van der Waals surface area contributed by atoms with Gasteiger partial charge in [0.1, 0.15) is 0 Å². The van der Waals surface area contributed by atoms with Crippen molar-refractivity contribution in [2.75, 3.05) is 18.0 Å². The fourth-order valence-electron chi connectivity index (χ4n) is 2.47. The zero-order chi connectivity index (χ0) is 15.4. The van der Waals surface area contributed by atoms with E-state index in [0.29, 0.717) is 18.1 Å². The summed E-state index contributed by atoms with van der Waals surface area (Å²) in [7, 11) is 0. The Morgan fingerprint density at radius 2 is 2.10 bits per heavy atom. The largest absolute Gasteiger partial charge is 0.354 e. The van der Waals surface area contributed by atoms with Crippen molar-refractivity contribution in [3.8, 4) is 0 Å². The zero-order valence-corrected chi connectivity index (χ0v) is 13.2. The Hall–Kier alpha value is -1.55. The maximum absolute atomic E-state index is 11.8. The Labute approximate surface area is 130 Å². The Morgan fingerprint density at radius 1 is 1.38 bits per heavy atom. The van der Waals surface area contributed by atoms with Crippen molar-refractivity contribution in [1.29, 1.82) is 0 Å². The summed E-state index contributed by atoms with van der Waals surface area (Å²) in [6.07, 6.45) is 3.11. The second-order valence-electron chi connectivity index (χ2n) is 5.52. The van der Waals surface area contributed by atoms with E-state index in [1.165, 1.54) is 6.92 Å². The monoisotopic (exact) mass is 308 g/mol. The summed E-state index contributed by atoms with van der Waals surface area (Å²) in [5, 5.41) is 3.56. The van der Waals surface area contributed by atoms with Gasteiger partial charge in [0.2, 0.25) is 11.8 Å². The maximum atomic E-state index is 11.8. The van der Waals surface area contributed by atoms with Crippen molar-refractivity contribution in [2.24, 2.45) is 5.92 Å². The maximum Gasteiger partial charge on any atom is 0.223 e. The summed E-state index contributed by atoms with van der Waals surface area (Å²) < 4.78 is 0. The van der Waals surface area contributed by atoms with Gasteiger partial charge in [-0.05, 0) is 43.5 Å². The Bertz CT molecular complexity index is 541. The number of hydrogen-bond donors (Lipinski definition) is 1. The van der Waals surface area contributed by atoms with Gasteiger partial charge in [0.25, 0.3) is 0 Å². The predicted molar refractivity (Wildman–Crippen MR) is 84.6 cm³/mol. The molecule has 21 heavy (non-hydrogen) atoms. The highest BCUT2D eigenvalue weighted by Gasteiger charge is 2.25. The molecule has 0 saturated heterocycles. The highest BCUT2D eigenvalue weighted by Crippen LogP contribution is 2.26. The van der Waals surface area contributed by atoms with Gasteiger partial charge in [0, 0.05) is 36.6 Å². The zero-order valence-electron chi connectivity index (χ0n) is 12.5. The van der Waals surface area contributed by atoms with Crippen LogP contribution in [0.1, 0.15) is 31.7 Å². The van der Waals surface area contributed by atoms with E-state index in [0.717, 1.165) is 30.5 Å². The topological polar surface area (TPSA) is 49.4 Å². The molecule has 1 aromatic rings. The second kappa shape index (κ2) is 6.94. The van der Waals surface area contributed by atoms with E-state index in [1.807, 2.05) is 19.1 Å². The summed E-state index contributed by atoms with van der Waals surface area (Å²) in [6.45, 7) is 4.39. The quantitative estimate of drug-likeness (QED) is 0.909. The number of benzene rings is 1. The molecule has 0 aromatic heterocycles. The lowest BCUT2D eigenvalue weighted by atomic mass is 9.85. The first-order valence-electron chi connectivity index (χ1n) is 7.31. The first kappa shape index (κ1) is 15.8. The van der Waals surface area contributed by atoms with E-state index in [-0.39, 0.29) is 17.7 Å². The Morgan fingerprint density at radius 3 is 2.62 bits per heavy atom. The molecule has 2 amide bonds. The van der Waals surface area contributed by atoms with Crippen molar-refractivity contribution in [3.63, 3.8) is 0 Å². The van der Waals surface area contributed by atoms with Crippen LogP contribution in [-0.4, -0.2) is 24.9 Å².